The van der Waals surface area contributed by atoms with Gasteiger partial charge in [0.2, 0.25) is 0 Å². The van der Waals surface area contributed by atoms with Crippen LogP contribution < -0.4 is 14.8 Å². The summed E-state index contributed by atoms with van der Waals surface area (Å²) < 4.78 is 11.8. The van der Waals surface area contributed by atoms with E-state index in [0.717, 1.165) is 43.8 Å². The van der Waals surface area contributed by atoms with Crippen LogP contribution in [0.5, 0.6) is 11.5 Å². The highest BCUT2D eigenvalue weighted by Gasteiger charge is 2.28. The topological polar surface area (TPSA) is 37.0 Å². The van der Waals surface area contributed by atoms with Crippen LogP contribution in [0.1, 0.15) is 32.8 Å². The Morgan fingerprint density at radius 1 is 1.12 bits per heavy atom. The third-order valence-electron chi connectivity index (χ3n) is 5.20. The number of benzene rings is 1. The zero-order chi connectivity index (χ0) is 18.4. The van der Waals surface area contributed by atoms with Crippen molar-refractivity contribution in [2.24, 2.45) is 5.92 Å². The number of rotatable bonds is 8. The summed E-state index contributed by atoms with van der Waals surface area (Å²) in [5.74, 6) is 2.25. The van der Waals surface area contributed by atoms with Gasteiger partial charge in [0.05, 0.1) is 13.2 Å². The number of ether oxygens (including phenoxy) is 2. The SMILES string of the molecule is CCOc1cc(CN2CCC(N3CCNCC3)C2)ccc1OCC(C)C. The van der Waals surface area contributed by atoms with E-state index in [0.29, 0.717) is 12.5 Å². The molecule has 1 aromatic rings. The molecule has 2 saturated heterocycles. The van der Waals surface area contributed by atoms with Crippen LogP contribution in [0.2, 0.25) is 0 Å². The van der Waals surface area contributed by atoms with Gasteiger partial charge in [0.15, 0.2) is 11.5 Å². The smallest absolute Gasteiger partial charge is 0.161 e. The molecule has 5 nitrogen and oxygen atoms in total. The summed E-state index contributed by atoms with van der Waals surface area (Å²) >= 11 is 0. The van der Waals surface area contributed by atoms with E-state index < -0.39 is 0 Å². The second kappa shape index (κ2) is 9.58. The molecule has 2 fully saturated rings. The monoisotopic (exact) mass is 361 g/mol. The molecule has 0 radical (unpaired) electrons. The molecule has 2 aliphatic heterocycles. The minimum Gasteiger partial charge on any atom is -0.490 e. The summed E-state index contributed by atoms with van der Waals surface area (Å²) in [6.45, 7) is 15.7. The molecule has 0 saturated carbocycles. The van der Waals surface area contributed by atoms with Crippen LogP contribution >= 0.6 is 0 Å². The lowest BCUT2D eigenvalue weighted by molar-refractivity contribution is 0.170. The summed E-state index contributed by atoms with van der Waals surface area (Å²) in [7, 11) is 0. The molecule has 0 amide bonds. The molecule has 0 spiro atoms. The highest BCUT2D eigenvalue weighted by molar-refractivity contribution is 5.43. The molecule has 0 aromatic heterocycles. The molecule has 5 heteroatoms. The fraction of sp³-hybridized carbons (Fsp3) is 0.714. The second-order valence-electron chi connectivity index (χ2n) is 7.88. The van der Waals surface area contributed by atoms with E-state index in [-0.39, 0.29) is 0 Å². The Balaban J connectivity index is 1.58. The second-order valence-corrected chi connectivity index (χ2v) is 7.88. The van der Waals surface area contributed by atoms with Crippen LogP contribution in [-0.4, -0.2) is 68.3 Å². The maximum Gasteiger partial charge on any atom is 0.161 e. The van der Waals surface area contributed by atoms with Crippen LogP contribution in [0, 0.1) is 5.92 Å². The van der Waals surface area contributed by atoms with Gasteiger partial charge in [0, 0.05) is 51.9 Å². The highest BCUT2D eigenvalue weighted by Crippen LogP contribution is 2.30. The molecular formula is C21H35N3O2. The predicted molar refractivity (Wildman–Crippen MR) is 106 cm³/mol. The average Bonchev–Trinajstić information content (AvgIpc) is 3.10. The first-order valence-corrected chi connectivity index (χ1v) is 10.2. The molecule has 3 rings (SSSR count). The fourth-order valence-corrected chi connectivity index (χ4v) is 3.85. The van der Waals surface area contributed by atoms with Gasteiger partial charge < -0.3 is 14.8 Å². The lowest BCUT2D eigenvalue weighted by Gasteiger charge is -2.32. The Bertz CT molecular complexity index is 558. The molecule has 1 aromatic carbocycles. The van der Waals surface area contributed by atoms with Gasteiger partial charge in [-0.2, -0.15) is 0 Å². The average molecular weight is 362 g/mol. The number of piperazine rings is 1. The van der Waals surface area contributed by atoms with Crippen LogP contribution in [0.4, 0.5) is 0 Å². The molecule has 1 atom stereocenters. The van der Waals surface area contributed by atoms with E-state index in [2.05, 4.69) is 47.2 Å². The van der Waals surface area contributed by atoms with Gasteiger partial charge in [-0.1, -0.05) is 19.9 Å². The van der Waals surface area contributed by atoms with Crippen molar-refractivity contribution in [1.82, 2.24) is 15.1 Å². The summed E-state index contributed by atoms with van der Waals surface area (Å²) in [4.78, 5) is 5.23. The minimum absolute atomic E-state index is 0.510. The van der Waals surface area contributed by atoms with Gasteiger partial charge in [0.25, 0.3) is 0 Å². The number of hydrogen-bond acceptors (Lipinski definition) is 5. The Labute approximate surface area is 158 Å². The van der Waals surface area contributed by atoms with E-state index in [9.17, 15) is 0 Å². The third kappa shape index (κ3) is 5.35. The molecule has 0 bridgehead atoms. The largest absolute Gasteiger partial charge is 0.490 e. The Kier molecular flexibility index (Phi) is 7.17. The predicted octanol–water partition coefficient (Wildman–Crippen LogP) is 2.60. The first-order valence-electron chi connectivity index (χ1n) is 10.2. The quantitative estimate of drug-likeness (QED) is 0.770. The van der Waals surface area contributed by atoms with Crippen molar-refractivity contribution in [2.45, 2.75) is 39.8 Å². The van der Waals surface area contributed by atoms with Crippen molar-refractivity contribution in [3.8, 4) is 11.5 Å². The molecular weight excluding hydrogens is 326 g/mol. The first-order chi connectivity index (χ1) is 12.7. The van der Waals surface area contributed by atoms with Crippen molar-refractivity contribution in [3.63, 3.8) is 0 Å². The Morgan fingerprint density at radius 3 is 2.65 bits per heavy atom. The van der Waals surface area contributed by atoms with Crippen LogP contribution in [0.25, 0.3) is 0 Å². The molecule has 26 heavy (non-hydrogen) atoms. The first kappa shape index (κ1) is 19.5. The third-order valence-corrected chi connectivity index (χ3v) is 5.20. The summed E-state index contributed by atoms with van der Waals surface area (Å²) in [6, 6.07) is 7.15. The van der Waals surface area contributed by atoms with E-state index in [1.165, 1.54) is 38.2 Å². The van der Waals surface area contributed by atoms with E-state index >= 15 is 0 Å². The number of nitrogens with zero attached hydrogens (tertiary/aromatic N) is 2. The molecule has 2 heterocycles. The van der Waals surface area contributed by atoms with E-state index in [4.69, 9.17) is 9.47 Å². The van der Waals surface area contributed by atoms with E-state index in [1.54, 1.807) is 0 Å². The standard InChI is InChI=1S/C21H35N3O2/c1-4-25-21-13-18(5-6-20(21)26-16-17(2)3)14-23-10-7-19(15-23)24-11-8-22-9-12-24/h5-6,13,17,19,22H,4,7-12,14-16H2,1-3H3. The maximum atomic E-state index is 5.92. The molecule has 2 aliphatic rings. The maximum absolute atomic E-state index is 5.92. The summed E-state index contributed by atoms with van der Waals surface area (Å²) in [6.07, 6.45) is 1.29. The Hall–Kier alpha value is -1.30. The molecule has 146 valence electrons. The fourth-order valence-electron chi connectivity index (χ4n) is 3.85. The molecule has 1 unspecified atom stereocenters. The van der Waals surface area contributed by atoms with Crippen molar-refractivity contribution in [2.75, 3.05) is 52.5 Å². The zero-order valence-corrected chi connectivity index (χ0v) is 16.7. The zero-order valence-electron chi connectivity index (χ0n) is 16.7. The lowest BCUT2D eigenvalue weighted by Crippen LogP contribution is -2.49. The summed E-state index contributed by atoms with van der Waals surface area (Å²) in [5.41, 5.74) is 1.31. The number of nitrogens with one attached hydrogen (secondary N) is 1. The summed E-state index contributed by atoms with van der Waals surface area (Å²) in [5, 5.41) is 3.45. The van der Waals surface area contributed by atoms with E-state index in [1.807, 2.05) is 6.92 Å². The number of hydrogen-bond donors (Lipinski definition) is 1. The van der Waals surface area contributed by atoms with Gasteiger partial charge in [-0.15, -0.1) is 0 Å². The highest BCUT2D eigenvalue weighted by atomic mass is 16.5. The minimum atomic E-state index is 0.510. The normalized spacial score (nSPS) is 22.1. The number of likely N-dealkylation sites (tertiary alicyclic amines) is 1. The molecule has 0 aliphatic carbocycles. The van der Waals surface area contributed by atoms with Gasteiger partial charge in [-0.05, 0) is 37.0 Å². The van der Waals surface area contributed by atoms with Gasteiger partial charge in [-0.3, -0.25) is 9.80 Å². The van der Waals surface area contributed by atoms with Crippen LogP contribution in [-0.2, 0) is 6.54 Å². The van der Waals surface area contributed by atoms with Crippen molar-refractivity contribution in [3.05, 3.63) is 23.8 Å². The van der Waals surface area contributed by atoms with Gasteiger partial charge in [0.1, 0.15) is 0 Å². The van der Waals surface area contributed by atoms with Crippen molar-refractivity contribution in [1.29, 1.82) is 0 Å². The van der Waals surface area contributed by atoms with Crippen molar-refractivity contribution >= 4 is 0 Å². The van der Waals surface area contributed by atoms with Crippen LogP contribution in [0.15, 0.2) is 18.2 Å². The lowest BCUT2D eigenvalue weighted by atomic mass is 10.2. The molecule has 1 N–H and O–H groups in total. The van der Waals surface area contributed by atoms with Crippen molar-refractivity contribution < 1.29 is 9.47 Å². The van der Waals surface area contributed by atoms with Crippen LogP contribution in [0.3, 0.4) is 0 Å². The van der Waals surface area contributed by atoms with Gasteiger partial charge >= 0.3 is 0 Å². The van der Waals surface area contributed by atoms with Gasteiger partial charge in [-0.25, -0.2) is 0 Å². The Morgan fingerprint density at radius 2 is 1.92 bits per heavy atom.